The lowest BCUT2D eigenvalue weighted by molar-refractivity contribution is 0.101. The molecule has 0 unspecified atom stereocenters. The van der Waals surface area contributed by atoms with Gasteiger partial charge in [-0.3, -0.25) is 9.79 Å². The highest BCUT2D eigenvalue weighted by atomic mass is 19.1. The van der Waals surface area contributed by atoms with Gasteiger partial charge in [0.05, 0.1) is 24.3 Å². The number of aliphatic imine (C=N–C) groups is 1. The van der Waals surface area contributed by atoms with Crippen molar-refractivity contribution in [2.24, 2.45) is 10.7 Å². The fourth-order valence-corrected chi connectivity index (χ4v) is 2.11. The molecular formula is C17H16FN5O. The Balaban J connectivity index is 2.45. The van der Waals surface area contributed by atoms with Crippen LogP contribution in [0, 0.1) is 17.1 Å². The number of carbonyl (C=O) groups excluding carboxylic acids is 1. The van der Waals surface area contributed by atoms with Crippen molar-refractivity contribution >= 4 is 17.2 Å². The van der Waals surface area contributed by atoms with Crippen LogP contribution in [0.4, 0.5) is 10.1 Å². The van der Waals surface area contributed by atoms with Crippen molar-refractivity contribution in [3.05, 3.63) is 59.6 Å². The molecule has 6 nitrogen and oxygen atoms in total. The third-order valence-corrected chi connectivity index (χ3v) is 3.09. The Bertz CT molecular complexity index is 869. The van der Waals surface area contributed by atoms with Crippen LogP contribution in [0.15, 0.2) is 47.5 Å². The highest BCUT2D eigenvalue weighted by Gasteiger charge is 2.10. The molecule has 0 saturated carbocycles. The van der Waals surface area contributed by atoms with Crippen LogP contribution in [0.25, 0.3) is 0 Å². The number of carbonyl (C=O) groups is 1. The van der Waals surface area contributed by atoms with Gasteiger partial charge in [-0.05, 0) is 38.1 Å². The van der Waals surface area contributed by atoms with Gasteiger partial charge < -0.3 is 10.3 Å². The molecule has 0 spiro atoms. The fraction of sp³-hybridized carbons (Fsp3) is 0.176. The average molecular weight is 325 g/mol. The zero-order valence-corrected chi connectivity index (χ0v) is 13.3. The van der Waals surface area contributed by atoms with Gasteiger partial charge >= 0.3 is 0 Å². The number of hydrogen-bond acceptors (Lipinski definition) is 5. The van der Waals surface area contributed by atoms with Crippen molar-refractivity contribution in [1.82, 2.24) is 9.55 Å². The van der Waals surface area contributed by atoms with E-state index in [4.69, 9.17) is 11.0 Å². The minimum absolute atomic E-state index is 0.193. The van der Waals surface area contributed by atoms with Gasteiger partial charge in [0.1, 0.15) is 11.9 Å². The van der Waals surface area contributed by atoms with Crippen LogP contribution in [0.5, 0.6) is 0 Å². The second kappa shape index (κ2) is 7.33. The zero-order valence-electron chi connectivity index (χ0n) is 13.3. The summed E-state index contributed by atoms with van der Waals surface area (Å²) in [4.78, 5) is 20.1. The predicted octanol–water partition coefficient (Wildman–Crippen LogP) is 2.73. The van der Waals surface area contributed by atoms with E-state index in [9.17, 15) is 9.18 Å². The molecule has 7 heteroatoms. The maximum atomic E-state index is 13.4. The number of nitrogens with zero attached hydrogens (tertiary/aromatic N) is 4. The molecule has 0 aliphatic rings. The third kappa shape index (κ3) is 4.36. The van der Waals surface area contributed by atoms with Crippen LogP contribution < -0.4 is 5.73 Å². The molecule has 0 saturated heterocycles. The van der Waals surface area contributed by atoms with Crippen LogP contribution >= 0.6 is 0 Å². The number of aromatic nitrogens is 2. The van der Waals surface area contributed by atoms with Gasteiger partial charge in [-0.15, -0.1) is 0 Å². The Morgan fingerprint density at radius 2 is 2.25 bits per heavy atom. The van der Waals surface area contributed by atoms with E-state index in [1.54, 1.807) is 23.8 Å². The molecule has 0 fully saturated rings. The number of allylic oxidation sites excluding steroid dienone is 2. The molecule has 2 aromatic rings. The first kappa shape index (κ1) is 17.1. The van der Waals surface area contributed by atoms with Gasteiger partial charge in [0.2, 0.25) is 0 Å². The molecule has 1 aromatic heterocycles. The van der Waals surface area contributed by atoms with Gasteiger partial charge in [0, 0.05) is 17.5 Å². The summed E-state index contributed by atoms with van der Waals surface area (Å²) < 4.78 is 15.0. The Morgan fingerprint density at radius 1 is 1.50 bits per heavy atom. The lowest BCUT2D eigenvalue weighted by atomic mass is 10.1. The molecule has 0 bridgehead atoms. The van der Waals surface area contributed by atoms with Gasteiger partial charge in [-0.1, -0.05) is 0 Å². The lowest BCUT2D eigenvalue weighted by Crippen LogP contribution is -2.09. The van der Waals surface area contributed by atoms with E-state index in [-0.39, 0.29) is 17.0 Å². The summed E-state index contributed by atoms with van der Waals surface area (Å²) in [5, 5.41) is 8.83. The number of halogens is 1. The SMILES string of the molecule is CC(=O)c1cc(F)ccc1N=C(C=C(C)N)Cn1cnc(C#N)c1. The molecule has 0 aliphatic heterocycles. The Labute approximate surface area is 138 Å². The topological polar surface area (TPSA) is 97.1 Å². The van der Waals surface area contributed by atoms with Crippen LogP contribution in [-0.4, -0.2) is 21.0 Å². The number of imidazole rings is 1. The molecule has 1 heterocycles. The van der Waals surface area contributed by atoms with Crippen molar-refractivity contribution in [3.8, 4) is 6.07 Å². The van der Waals surface area contributed by atoms with Crippen LogP contribution in [-0.2, 0) is 6.54 Å². The monoisotopic (exact) mass is 325 g/mol. The van der Waals surface area contributed by atoms with Crippen molar-refractivity contribution in [2.75, 3.05) is 0 Å². The Morgan fingerprint density at radius 3 is 2.83 bits per heavy atom. The van der Waals surface area contributed by atoms with Gasteiger partial charge in [0.25, 0.3) is 0 Å². The zero-order chi connectivity index (χ0) is 17.7. The van der Waals surface area contributed by atoms with Crippen molar-refractivity contribution in [2.45, 2.75) is 20.4 Å². The maximum Gasteiger partial charge on any atom is 0.162 e. The number of benzene rings is 1. The minimum atomic E-state index is -0.500. The fourth-order valence-electron chi connectivity index (χ4n) is 2.11. The third-order valence-electron chi connectivity index (χ3n) is 3.09. The van der Waals surface area contributed by atoms with Crippen LogP contribution in [0.2, 0.25) is 0 Å². The smallest absolute Gasteiger partial charge is 0.162 e. The summed E-state index contributed by atoms with van der Waals surface area (Å²) in [6, 6.07) is 5.79. The molecule has 122 valence electrons. The Kier molecular flexibility index (Phi) is 5.22. The predicted molar refractivity (Wildman–Crippen MR) is 88.4 cm³/mol. The Hall–Kier alpha value is -3.27. The summed E-state index contributed by atoms with van der Waals surface area (Å²) in [5.74, 6) is -0.782. The van der Waals surface area contributed by atoms with Crippen LogP contribution in [0.3, 0.4) is 0 Å². The quantitative estimate of drug-likeness (QED) is 0.675. The number of nitrogens with two attached hydrogens (primary N) is 1. The molecule has 2 N–H and O–H groups in total. The minimum Gasteiger partial charge on any atom is -0.402 e. The maximum absolute atomic E-state index is 13.4. The van der Waals surface area contributed by atoms with E-state index in [0.717, 1.165) is 6.07 Å². The normalized spacial score (nSPS) is 12.1. The summed E-state index contributed by atoms with van der Waals surface area (Å²) in [7, 11) is 0. The van der Waals surface area contributed by atoms with E-state index < -0.39 is 5.82 Å². The molecule has 0 aliphatic carbocycles. The first-order valence-corrected chi connectivity index (χ1v) is 7.12. The van der Waals surface area contributed by atoms with E-state index in [2.05, 4.69) is 9.98 Å². The number of ketones is 1. The molecule has 2 rings (SSSR count). The molecule has 1 aromatic carbocycles. The van der Waals surface area contributed by atoms with Crippen molar-refractivity contribution in [3.63, 3.8) is 0 Å². The largest absolute Gasteiger partial charge is 0.402 e. The summed E-state index contributed by atoms with van der Waals surface area (Å²) in [6.45, 7) is 3.37. The summed E-state index contributed by atoms with van der Waals surface area (Å²) in [6.07, 6.45) is 4.73. The lowest BCUT2D eigenvalue weighted by Gasteiger charge is -2.07. The summed E-state index contributed by atoms with van der Waals surface area (Å²) >= 11 is 0. The van der Waals surface area contributed by atoms with E-state index in [1.807, 2.05) is 6.07 Å². The highest BCUT2D eigenvalue weighted by Crippen LogP contribution is 2.21. The first-order chi connectivity index (χ1) is 11.4. The van der Waals surface area contributed by atoms with Crippen LogP contribution in [0.1, 0.15) is 29.9 Å². The van der Waals surface area contributed by atoms with E-state index in [1.165, 1.54) is 25.4 Å². The van der Waals surface area contributed by atoms with Crippen molar-refractivity contribution < 1.29 is 9.18 Å². The highest BCUT2D eigenvalue weighted by molar-refractivity contribution is 6.02. The van der Waals surface area contributed by atoms with Gasteiger partial charge in [0.15, 0.2) is 11.5 Å². The van der Waals surface area contributed by atoms with E-state index in [0.29, 0.717) is 23.6 Å². The second-order valence-corrected chi connectivity index (χ2v) is 5.25. The number of rotatable bonds is 5. The number of nitriles is 1. The van der Waals surface area contributed by atoms with Gasteiger partial charge in [-0.2, -0.15) is 5.26 Å². The molecule has 0 amide bonds. The standard InChI is InChI=1S/C17H16FN5O/c1-11(20)5-14(8-23-9-15(7-19)21-10-23)22-17-4-3-13(18)6-16(17)12(2)24/h3-6,9-10H,8,20H2,1-2H3. The number of Topliss-reactive ketones (excluding diaryl/α,β-unsaturated/α-hetero) is 1. The first-order valence-electron chi connectivity index (χ1n) is 7.12. The molecule has 0 radical (unpaired) electrons. The van der Waals surface area contributed by atoms with Crippen molar-refractivity contribution in [1.29, 1.82) is 5.26 Å². The van der Waals surface area contributed by atoms with Gasteiger partial charge in [-0.25, -0.2) is 9.37 Å². The average Bonchev–Trinajstić information content (AvgIpc) is 2.95. The molecule has 24 heavy (non-hydrogen) atoms. The second-order valence-electron chi connectivity index (χ2n) is 5.25. The number of hydrogen-bond donors (Lipinski definition) is 1. The molecular weight excluding hydrogens is 309 g/mol. The molecule has 0 atom stereocenters. The van der Waals surface area contributed by atoms with E-state index >= 15 is 0 Å². The summed E-state index contributed by atoms with van der Waals surface area (Å²) in [5.41, 5.74) is 7.64.